The highest BCUT2D eigenvalue weighted by atomic mass is 32.2. The topological polar surface area (TPSA) is 3.24 Å². The van der Waals surface area contributed by atoms with E-state index in [1.807, 2.05) is 0 Å². The number of rotatable bonds is 4. The summed E-state index contributed by atoms with van der Waals surface area (Å²) in [5.74, 6) is 0. The fraction of sp³-hybridized carbons (Fsp3) is 0.231. The molecule has 1 nitrogen and oxygen atoms in total. The summed E-state index contributed by atoms with van der Waals surface area (Å²) in [6, 6.07) is 30.4. The molecule has 28 heavy (non-hydrogen) atoms. The van der Waals surface area contributed by atoms with Crippen molar-refractivity contribution in [1.29, 1.82) is 0 Å². The fourth-order valence-electron chi connectivity index (χ4n) is 4.38. The van der Waals surface area contributed by atoms with Crippen molar-refractivity contribution in [2.24, 2.45) is 0 Å². The van der Waals surface area contributed by atoms with Crippen LogP contribution in [0.15, 0.2) is 91.0 Å². The van der Waals surface area contributed by atoms with Gasteiger partial charge in [-0.3, -0.25) is 0 Å². The molecule has 0 amide bonds. The molecule has 5 rings (SSSR count). The predicted octanol–water partition coefficient (Wildman–Crippen LogP) is 7.60. The normalized spacial score (nSPS) is 21.1. The minimum absolute atomic E-state index is 0.729. The Labute approximate surface area is 172 Å². The van der Waals surface area contributed by atoms with Crippen molar-refractivity contribution in [3.8, 4) is 0 Å². The van der Waals surface area contributed by atoms with Crippen molar-refractivity contribution in [1.82, 2.24) is 0 Å². The van der Waals surface area contributed by atoms with Crippen molar-refractivity contribution in [3.63, 3.8) is 0 Å². The third-order valence-electron chi connectivity index (χ3n) is 5.74. The van der Waals surface area contributed by atoms with Crippen LogP contribution >= 0.6 is 11.8 Å². The second kappa shape index (κ2) is 7.89. The molecule has 3 aromatic carbocycles. The Morgan fingerprint density at radius 1 is 0.679 bits per heavy atom. The smallest absolute Gasteiger partial charge is 0.0462 e. The van der Waals surface area contributed by atoms with Gasteiger partial charge in [0.15, 0.2) is 0 Å². The fourth-order valence-corrected chi connectivity index (χ4v) is 6.00. The Bertz CT molecular complexity index is 907. The summed E-state index contributed by atoms with van der Waals surface area (Å²) in [6.45, 7) is 0. The van der Waals surface area contributed by atoms with Crippen LogP contribution in [-0.2, 0) is 0 Å². The molecule has 3 aromatic rings. The van der Waals surface area contributed by atoms with Gasteiger partial charge >= 0.3 is 0 Å². The highest BCUT2D eigenvalue weighted by molar-refractivity contribution is 8.00. The van der Waals surface area contributed by atoms with Crippen LogP contribution in [0.1, 0.15) is 31.2 Å². The van der Waals surface area contributed by atoms with E-state index in [0.717, 1.165) is 10.5 Å². The first kappa shape index (κ1) is 17.6. The minimum Gasteiger partial charge on any atom is -0.311 e. The monoisotopic (exact) mass is 383 g/mol. The molecule has 0 saturated carbocycles. The lowest BCUT2D eigenvalue weighted by Crippen LogP contribution is -2.21. The molecule has 2 aliphatic rings. The van der Waals surface area contributed by atoms with E-state index in [-0.39, 0.29) is 0 Å². The third kappa shape index (κ3) is 3.62. The predicted molar refractivity (Wildman–Crippen MR) is 123 cm³/mol. The lowest BCUT2D eigenvalue weighted by atomic mass is 9.93. The second-order valence-corrected chi connectivity index (χ2v) is 9.22. The van der Waals surface area contributed by atoms with Crippen LogP contribution in [0.3, 0.4) is 0 Å². The summed E-state index contributed by atoms with van der Waals surface area (Å²) in [6.07, 6.45) is 7.88. The molecule has 1 fully saturated rings. The zero-order valence-electron chi connectivity index (χ0n) is 16.0. The zero-order valence-corrected chi connectivity index (χ0v) is 16.8. The van der Waals surface area contributed by atoms with Gasteiger partial charge in [0.05, 0.1) is 0 Å². The zero-order chi connectivity index (χ0) is 18.8. The molecule has 2 unspecified atom stereocenters. The first-order valence-corrected chi connectivity index (χ1v) is 11.2. The number of para-hydroxylation sites is 2. The van der Waals surface area contributed by atoms with E-state index in [4.69, 9.17) is 0 Å². The van der Waals surface area contributed by atoms with Crippen LogP contribution in [-0.4, -0.2) is 10.5 Å². The van der Waals surface area contributed by atoms with Crippen molar-refractivity contribution in [3.05, 3.63) is 96.6 Å². The lowest BCUT2D eigenvalue weighted by Gasteiger charge is -2.33. The van der Waals surface area contributed by atoms with Crippen LogP contribution in [0.25, 0.3) is 5.57 Å². The van der Waals surface area contributed by atoms with Gasteiger partial charge in [0.25, 0.3) is 0 Å². The maximum atomic E-state index is 2.53. The summed E-state index contributed by atoms with van der Waals surface area (Å²) >= 11 is 2.19. The van der Waals surface area contributed by atoms with Gasteiger partial charge in [-0.15, -0.1) is 0 Å². The molecule has 2 bridgehead atoms. The quantitative estimate of drug-likeness (QED) is 0.456. The first-order valence-electron chi connectivity index (χ1n) is 10.2. The number of benzene rings is 3. The Hall–Kier alpha value is -2.45. The molecule has 0 aliphatic carbocycles. The van der Waals surface area contributed by atoms with Gasteiger partial charge in [0.2, 0.25) is 0 Å². The molecule has 1 saturated heterocycles. The molecule has 0 N–H and O–H groups in total. The molecule has 2 heteroatoms. The van der Waals surface area contributed by atoms with Gasteiger partial charge in [-0.1, -0.05) is 61.0 Å². The van der Waals surface area contributed by atoms with Gasteiger partial charge < -0.3 is 4.90 Å². The molecule has 2 heterocycles. The number of anilines is 3. The summed E-state index contributed by atoms with van der Waals surface area (Å²) in [5, 5.41) is 1.55. The van der Waals surface area contributed by atoms with Crippen molar-refractivity contribution < 1.29 is 0 Å². The van der Waals surface area contributed by atoms with E-state index < -0.39 is 0 Å². The maximum absolute atomic E-state index is 2.53. The summed E-state index contributed by atoms with van der Waals surface area (Å²) < 4.78 is 0. The maximum Gasteiger partial charge on any atom is 0.0462 e. The van der Waals surface area contributed by atoms with Crippen molar-refractivity contribution >= 4 is 34.4 Å². The van der Waals surface area contributed by atoms with Gasteiger partial charge in [0.1, 0.15) is 0 Å². The highest BCUT2D eigenvalue weighted by Crippen LogP contribution is 2.43. The van der Waals surface area contributed by atoms with E-state index in [2.05, 4.69) is 108 Å². The van der Waals surface area contributed by atoms with Crippen LogP contribution in [0.2, 0.25) is 0 Å². The van der Waals surface area contributed by atoms with E-state index >= 15 is 0 Å². The van der Waals surface area contributed by atoms with E-state index in [1.165, 1.54) is 48.3 Å². The molecule has 2 aliphatic heterocycles. The van der Waals surface area contributed by atoms with Crippen molar-refractivity contribution in [2.45, 2.75) is 36.2 Å². The van der Waals surface area contributed by atoms with Crippen LogP contribution in [0.5, 0.6) is 0 Å². The molecule has 2 atom stereocenters. The summed E-state index contributed by atoms with van der Waals surface area (Å²) in [5.41, 5.74) is 6.51. The molecular formula is C26H25NS. The van der Waals surface area contributed by atoms with Gasteiger partial charge in [-0.2, -0.15) is 11.8 Å². The van der Waals surface area contributed by atoms with Crippen molar-refractivity contribution in [2.75, 3.05) is 4.90 Å². The highest BCUT2D eigenvalue weighted by Gasteiger charge is 2.27. The Morgan fingerprint density at radius 2 is 1.29 bits per heavy atom. The van der Waals surface area contributed by atoms with Gasteiger partial charge in [-0.05, 0) is 66.8 Å². The molecule has 0 aromatic heterocycles. The Morgan fingerprint density at radius 3 is 1.89 bits per heavy atom. The molecule has 0 spiro atoms. The van der Waals surface area contributed by atoms with E-state index in [1.54, 1.807) is 5.57 Å². The third-order valence-corrected chi connectivity index (χ3v) is 7.25. The molecule has 0 radical (unpaired) electrons. The number of fused-ring (bicyclic) bond motifs is 2. The molecular weight excluding hydrogens is 358 g/mol. The minimum atomic E-state index is 0.729. The summed E-state index contributed by atoms with van der Waals surface area (Å²) in [4.78, 5) is 2.32. The van der Waals surface area contributed by atoms with Crippen LogP contribution < -0.4 is 4.90 Å². The van der Waals surface area contributed by atoms with E-state index in [9.17, 15) is 0 Å². The number of hydrogen-bond acceptors (Lipinski definition) is 2. The largest absolute Gasteiger partial charge is 0.311 e. The average molecular weight is 384 g/mol. The Balaban J connectivity index is 1.48. The number of allylic oxidation sites excluding steroid dienone is 1. The van der Waals surface area contributed by atoms with Crippen LogP contribution in [0, 0.1) is 0 Å². The second-order valence-electron chi connectivity index (χ2n) is 7.68. The van der Waals surface area contributed by atoms with E-state index in [0.29, 0.717) is 0 Å². The van der Waals surface area contributed by atoms with Crippen LogP contribution in [0.4, 0.5) is 17.1 Å². The lowest BCUT2D eigenvalue weighted by molar-refractivity contribution is 0.630. The van der Waals surface area contributed by atoms with Gasteiger partial charge in [0, 0.05) is 27.6 Å². The standard InChI is InChI=1S/C26H25NS/c1-3-8-22(9-4-1)27(23-10-5-2-6-11-23)24-16-14-20(15-17-24)21-18-25-12-7-13-26(19-21)28-25/h1-6,8-11,14-18,25-26H,7,12-13,19H2. The Kier molecular flexibility index (Phi) is 4.97. The average Bonchev–Trinajstić information content (AvgIpc) is 2.76. The number of nitrogens with zero attached hydrogens (tertiary/aromatic N) is 1. The first-order chi connectivity index (χ1) is 13.9. The number of thioether (sulfide) groups is 1. The molecule has 140 valence electrons. The van der Waals surface area contributed by atoms with Gasteiger partial charge in [-0.25, -0.2) is 0 Å². The summed E-state index contributed by atoms with van der Waals surface area (Å²) in [7, 11) is 0. The number of hydrogen-bond donors (Lipinski definition) is 0. The SMILES string of the molecule is C1=C(c2ccc(N(c3ccccc3)c3ccccc3)cc2)CC2CCCC1S2.